The van der Waals surface area contributed by atoms with Crippen molar-refractivity contribution in [2.45, 2.75) is 36.3 Å². The minimum atomic E-state index is -5.36. The molecule has 0 unspecified atom stereocenters. The van der Waals surface area contributed by atoms with Gasteiger partial charge in [-0.1, -0.05) is 6.07 Å². The molecule has 10 heteroatoms. The van der Waals surface area contributed by atoms with Gasteiger partial charge >= 0.3 is 5.51 Å². The molecule has 0 N–H and O–H groups in total. The lowest BCUT2D eigenvalue weighted by atomic mass is 10.0. The Morgan fingerprint density at radius 2 is 1.74 bits per heavy atom. The van der Waals surface area contributed by atoms with Crippen LogP contribution in [0.1, 0.15) is 19.4 Å². The number of anilines is 2. The number of halogens is 3. The maximum atomic E-state index is 12.8. The summed E-state index contributed by atoms with van der Waals surface area (Å²) < 4.78 is 61.8. The molecule has 1 aliphatic heterocycles. The Bertz CT molecular complexity index is 1310. The predicted octanol–water partition coefficient (Wildman–Crippen LogP) is 4.65. The van der Waals surface area contributed by atoms with Crippen molar-refractivity contribution >= 4 is 32.1 Å². The molecule has 2 aromatic carbocycles. The van der Waals surface area contributed by atoms with Crippen molar-refractivity contribution in [2.24, 2.45) is 0 Å². The van der Waals surface area contributed by atoms with Gasteiger partial charge in [0, 0.05) is 55.7 Å². The highest BCUT2D eigenvalue weighted by molar-refractivity contribution is 7.92. The van der Waals surface area contributed by atoms with E-state index < -0.39 is 20.2 Å². The zero-order valence-corrected chi connectivity index (χ0v) is 20.3. The maximum Gasteiger partial charge on any atom is 0.501 e. The number of rotatable bonds is 5. The number of pyridine rings is 1. The molecule has 1 aromatic heterocycles. The third-order valence-corrected chi connectivity index (χ3v) is 7.79. The van der Waals surface area contributed by atoms with Crippen LogP contribution < -0.4 is 9.80 Å². The van der Waals surface area contributed by atoms with Crippen molar-refractivity contribution in [3.63, 3.8) is 0 Å². The van der Waals surface area contributed by atoms with E-state index in [9.17, 15) is 21.6 Å². The van der Waals surface area contributed by atoms with Gasteiger partial charge in [0.2, 0.25) is 0 Å². The molecule has 4 rings (SSSR count). The van der Waals surface area contributed by atoms with Gasteiger partial charge in [-0.25, -0.2) is 8.42 Å². The largest absolute Gasteiger partial charge is 0.501 e. The number of sulfone groups is 1. The number of alkyl halides is 3. The predicted molar refractivity (Wildman–Crippen MR) is 128 cm³/mol. The lowest BCUT2D eigenvalue weighted by Crippen LogP contribution is -2.39. The Morgan fingerprint density at radius 1 is 1.06 bits per heavy atom. The summed E-state index contributed by atoms with van der Waals surface area (Å²) in [5.74, 6) is 0. The van der Waals surface area contributed by atoms with Crippen LogP contribution in [0.4, 0.5) is 24.5 Å². The second-order valence-electron chi connectivity index (χ2n) is 9.36. The molecule has 0 spiro atoms. The monoisotopic (exact) mass is 492 g/mol. The molecule has 6 nitrogen and oxygen atoms in total. The average Bonchev–Trinajstić information content (AvgIpc) is 3.07. The third-order valence-electron chi connectivity index (χ3n) is 6.29. The fraction of sp³-hybridized carbons (Fsp3) is 0.375. The fourth-order valence-corrected chi connectivity index (χ4v) is 5.00. The molecule has 0 amide bonds. The number of hydrogen-bond donors (Lipinski definition) is 0. The van der Waals surface area contributed by atoms with E-state index in [0.29, 0.717) is 25.4 Å². The van der Waals surface area contributed by atoms with E-state index in [4.69, 9.17) is 0 Å². The van der Waals surface area contributed by atoms with Crippen molar-refractivity contribution in [1.82, 2.24) is 9.88 Å². The third kappa shape index (κ3) is 4.44. The minimum Gasteiger partial charge on any atom is -0.378 e. The standard InChI is InChI=1S/C24H27F3N4O2S/c1-23(2)15-30(18-5-8-20(9-6-18)34(32,33)24(25,26)27)16-31(23)14-17-11-12-28-22-13-19(29(3)4)7-10-21(17)22/h5-13H,14-16H2,1-4H3. The topological polar surface area (TPSA) is 56.8 Å². The molecular weight excluding hydrogens is 465 g/mol. The first kappa shape index (κ1) is 24.3. The summed E-state index contributed by atoms with van der Waals surface area (Å²) in [5, 5.41) is 1.07. The van der Waals surface area contributed by atoms with Crippen LogP contribution in [-0.4, -0.2) is 56.7 Å². The quantitative estimate of drug-likeness (QED) is 0.517. The van der Waals surface area contributed by atoms with Crippen molar-refractivity contribution in [3.8, 4) is 0 Å². The summed E-state index contributed by atoms with van der Waals surface area (Å²) in [6.07, 6.45) is 1.80. The van der Waals surface area contributed by atoms with E-state index in [1.165, 1.54) is 12.1 Å². The summed E-state index contributed by atoms with van der Waals surface area (Å²) >= 11 is 0. The molecule has 0 radical (unpaired) electrons. The van der Waals surface area contributed by atoms with E-state index in [1.54, 1.807) is 6.20 Å². The van der Waals surface area contributed by atoms with Gasteiger partial charge in [0.05, 0.1) is 17.1 Å². The van der Waals surface area contributed by atoms with E-state index in [1.807, 2.05) is 30.0 Å². The van der Waals surface area contributed by atoms with Gasteiger partial charge in [0.15, 0.2) is 0 Å². The highest BCUT2D eigenvalue weighted by Gasteiger charge is 2.47. The van der Waals surface area contributed by atoms with Crippen LogP contribution in [0.3, 0.4) is 0 Å². The molecule has 34 heavy (non-hydrogen) atoms. The molecule has 1 aliphatic rings. The van der Waals surface area contributed by atoms with Gasteiger partial charge in [0.25, 0.3) is 9.84 Å². The average molecular weight is 493 g/mol. The van der Waals surface area contributed by atoms with Crippen molar-refractivity contribution < 1.29 is 21.6 Å². The maximum absolute atomic E-state index is 12.8. The van der Waals surface area contributed by atoms with E-state index in [-0.39, 0.29) is 5.54 Å². The van der Waals surface area contributed by atoms with Crippen molar-refractivity contribution in [2.75, 3.05) is 37.1 Å². The number of benzene rings is 2. The molecule has 0 bridgehead atoms. The van der Waals surface area contributed by atoms with Crippen LogP contribution in [0.5, 0.6) is 0 Å². The Balaban J connectivity index is 1.56. The van der Waals surface area contributed by atoms with Gasteiger partial charge in [0.1, 0.15) is 0 Å². The molecule has 2 heterocycles. The molecule has 3 aromatic rings. The van der Waals surface area contributed by atoms with Gasteiger partial charge in [-0.3, -0.25) is 9.88 Å². The van der Waals surface area contributed by atoms with Crippen LogP contribution in [0.25, 0.3) is 10.9 Å². The Kier molecular flexibility index (Phi) is 6.02. The second kappa shape index (κ2) is 8.42. The number of nitrogens with zero attached hydrogens (tertiary/aromatic N) is 4. The molecule has 1 fully saturated rings. The normalized spacial score (nSPS) is 16.9. The molecule has 0 saturated carbocycles. The van der Waals surface area contributed by atoms with Gasteiger partial charge < -0.3 is 9.80 Å². The summed E-state index contributed by atoms with van der Waals surface area (Å²) in [6.45, 7) is 6.10. The van der Waals surface area contributed by atoms with Crippen LogP contribution in [0.2, 0.25) is 0 Å². The first-order valence-corrected chi connectivity index (χ1v) is 12.2. The summed E-state index contributed by atoms with van der Waals surface area (Å²) in [7, 11) is -1.39. The van der Waals surface area contributed by atoms with E-state index in [2.05, 4.69) is 41.9 Å². The van der Waals surface area contributed by atoms with Gasteiger partial charge in [-0.05, 0) is 61.9 Å². The van der Waals surface area contributed by atoms with Gasteiger partial charge in [-0.15, -0.1) is 0 Å². The first-order chi connectivity index (χ1) is 15.8. The molecular formula is C24H27F3N4O2S. The number of fused-ring (bicyclic) bond motifs is 1. The highest BCUT2D eigenvalue weighted by Crippen LogP contribution is 2.34. The first-order valence-electron chi connectivity index (χ1n) is 10.8. The zero-order valence-electron chi connectivity index (χ0n) is 19.5. The lowest BCUT2D eigenvalue weighted by molar-refractivity contribution is -0.0436. The number of aromatic nitrogens is 1. The lowest BCUT2D eigenvalue weighted by Gasteiger charge is -2.30. The van der Waals surface area contributed by atoms with Crippen LogP contribution in [0.15, 0.2) is 59.6 Å². The second-order valence-corrected chi connectivity index (χ2v) is 11.3. The summed E-state index contributed by atoms with van der Waals surface area (Å²) in [4.78, 5) is 10.1. The van der Waals surface area contributed by atoms with Crippen LogP contribution in [-0.2, 0) is 16.4 Å². The molecule has 0 atom stereocenters. The van der Waals surface area contributed by atoms with Gasteiger partial charge in [-0.2, -0.15) is 13.2 Å². The Labute approximate surface area is 197 Å². The summed E-state index contributed by atoms with van der Waals surface area (Å²) in [6, 6.07) is 13.1. The molecule has 182 valence electrons. The summed E-state index contributed by atoms with van der Waals surface area (Å²) in [5.41, 5.74) is -1.74. The van der Waals surface area contributed by atoms with Crippen LogP contribution >= 0.6 is 0 Å². The SMILES string of the molecule is CN(C)c1ccc2c(CN3CN(c4ccc(S(=O)(=O)C(F)(F)F)cc4)CC3(C)C)ccnc2c1. The smallest absolute Gasteiger partial charge is 0.378 e. The van der Waals surface area contributed by atoms with Crippen LogP contribution in [0, 0.1) is 0 Å². The van der Waals surface area contributed by atoms with Crippen molar-refractivity contribution in [3.05, 3.63) is 60.3 Å². The Morgan fingerprint density at radius 3 is 2.35 bits per heavy atom. The molecule has 0 aliphatic carbocycles. The highest BCUT2D eigenvalue weighted by atomic mass is 32.2. The molecule has 1 saturated heterocycles. The van der Waals surface area contributed by atoms with Crippen molar-refractivity contribution in [1.29, 1.82) is 0 Å². The minimum absolute atomic E-state index is 0.212. The van der Waals surface area contributed by atoms with E-state index in [0.717, 1.165) is 34.3 Å². The number of hydrogen-bond acceptors (Lipinski definition) is 6. The van der Waals surface area contributed by atoms with E-state index >= 15 is 0 Å². The Hall–Kier alpha value is -2.85. The zero-order chi connectivity index (χ0) is 24.9. The fourth-order valence-electron chi connectivity index (χ4n) is 4.24.